The smallest absolute Gasteiger partial charge is 0.255 e. The highest BCUT2D eigenvalue weighted by Crippen LogP contribution is 2.34. The molecule has 34 heavy (non-hydrogen) atoms. The zero-order valence-corrected chi connectivity index (χ0v) is 19.5. The zero-order valence-electron chi connectivity index (χ0n) is 19.5. The molecule has 2 aromatic carbocycles. The Bertz CT molecular complexity index is 1210. The van der Waals surface area contributed by atoms with Gasteiger partial charge in [0.25, 0.3) is 5.91 Å². The van der Waals surface area contributed by atoms with E-state index >= 15 is 0 Å². The van der Waals surface area contributed by atoms with Crippen LogP contribution in [0.3, 0.4) is 0 Å². The van der Waals surface area contributed by atoms with Crippen LogP contribution < -0.4 is 14.8 Å². The molecule has 3 aromatic rings. The number of amides is 2. The number of benzene rings is 2. The van der Waals surface area contributed by atoms with Crippen molar-refractivity contribution in [2.24, 2.45) is 5.92 Å². The van der Waals surface area contributed by atoms with Crippen LogP contribution in [0.4, 0.5) is 5.69 Å². The van der Waals surface area contributed by atoms with Crippen LogP contribution in [-0.2, 0) is 11.3 Å². The van der Waals surface area contributed by atoms with Crippen LogP contribution in [0.25, 0.3) is 0 Å². The molecule has 0 radical (unpaired) electrons. The quantitative estimate of drug-likeness (QED) is 0.615. The molecule has 1 saturated heterocycles. The van der Waals surface area contributed by atoms with Crippen LogP contribution in [0.2, 0.25) is 0 Å². The van der Waals surface area contributed by atoms with Gasteiger partial charge in [-0.3, -0.25) is 9.59 Å². The first kappa shape index (κ1) is 22.1. The number of hydrogen-bond acceptors (Lipinski definition) is 4. The molecule has 3 heterocycles. The van der Waals surface area contributed by atoms with Crippen molar-refractivity contribution in [3.63, 3.8) is 0 Å². The Balaban J connectivity index is 1.20. The number of nitrogens with one attached hydrogen (secondary N) is 1. The average molecular weight is 460 g/mol. The third-order valence-corrected chi connectivity index (χ3v) is 6.78. The van der Waals surface area contributed by atoms with Gasteiger partial charge in [0, 0.05) is 48.7 Å². The minimum atomic E-state index is -0.125. The zero-order chi connectivity index (χ0) is 23.7. The highest BCUT2D eigenvalue weighted by Gasteiger charge is 2.29. The molecule has 7 nitrogen and oxygen atoms in total. The van der Waals surface area contributed by atoms with Gasteiger partial charge >= 0.3 is 0 Å². The van der Waals surface area contributed by atoms with Crippen molar-refractivity contribution >= 4 is 17.5 Å². The predicted molar refractivity (Wildman–Crippen MR) is 129 cm³/mol. The molecule has 2 aliphatic rings. The van der Waals surface area contributed by atoms with E-state index < -0.39 is 0 Å². The van der Waals surface area contributed by atoms with Crippen molar-refractivity contribution in [2.45, 2.75) is 33.2 Å². The predicted octanol–water partition coefficient (Wildman–Crippen LogP) is 4.37. The number of aryl methyl sites for hydroxylation is 1. The van der Waals surface area contributed by atoms with Crippen LogP contribution in [-0.4, -0.2) is 41.2 Å². The molecule has 176 valence electrons. The van der Waals surface area contributed by atoms with E-state index in [0.29, 0.717) is 43.1 Å². The summed E-state index contributed by atoms with van der Waals surface area (Å²) in [6, 6.07) is 17.6. The number of carbonyl (C=O) groups is 2. The Morgan fingerprint density at radius 3 is 2.47 bits per heavy atom. The van der Waals surface area contributed by atoms with Gasteiger partial charge in [0.1, 0.15) is 0 Å². The van der Waals surface area contributed by atoms with Crippen LogP contribution in [0, 0.1) is 19.8 Å². The third kappa shape index (κ3) is 4.38. The fourth-order valence-corrected chi connectivity index (χ4v) is 4.76. The summed E-state index contributed by atoms with van der Waals surface area (Å²) >= 11 is 0. The normalized spacial score (nSPS) is 15.4. The van der Waals surface area contributed by atoms with E-state index in [1.807, 2.05) is 49.1 Å². The Morgan fingerprint density at radius 1 is 0.971 bits per heavy atom. The Kier molecular flexibility index (Phi) is 6.01. The van der Waals surface area contributed by atoms with Crippen molar-refractivity contribution in [2.75, 3.05) is 25.2 Å². The molecule has 1 aromatic heterocycles. The molecule has 2 amide bonds. The summed E-state index contributed by atoms with van der Waals surface area (Å²) < 4.78 is 12.9. The first-order valence-corrected chi connectivity index (χ1v) is 11.7. The highest BCUT2D eigenvalue weighted by atomic mass is 16.7. The van der Waals surface area contributed by atoms with Crippen LogP contribution in [0.1, 0.15) is 40.2 Å². The average Bonchev–Trinajstić information content (AvgIpc) is 3.44. The molecule has 0 aliphatic carbocycles. The molecule has 2 aliphatic heterocycles. The second-order valence-electron chi connectivity index (χ2n) is 8.98. The van der Waals surface area contributed by atoms with Gasteiger partial charge in [0.2, 0.25) is 12.7 Å². The third-order valence-electron chi connectivity index (χ3n) is 6.78. The van der Waals surface area contributed by atoms with Gasteiger partial charge in [-0.2, -0.15) is 0 Å². The van der Waals surface area contributed by atoms with E-state index in [0.717, 1.165) is 23.5 Å². The van der Waals surface area contributed by atoms with Crippen LogP contribution in [0.5, 0.6) is 11.5 Å². The number of anilines is 1. The lowest BCUT2D eigenvalue weighted by atomic mass is 9.95. The van der Waals surface area contributed by atoms with Crippen molar-refractivity contribution in [3.05, 3.63) is 77.1 Å². The number of carbonyl (C=O) groups excluding carboxylic acids is 2. The fourth-order valence-electron chi connectivity index (χ4n) is 4.76. The minimum absolute atomic E-state index is 0.0213. The molecule has 7 heteroatoms. The van der Waals surface area contributed by atoms with E-state index in [1.54, 1.807) is 12.1 Å². The number of fused-ring (bicyclic) bond motifs is 1. The van der Waals surface area contributed by atoms with Gasteiger partial charge in [0.05, 0.1) is 5.56 Å². The minimum Gasteiger partial charge on any atom is -0.454 e. The number of hydrogen-bond donors (Lipinski definition) is 1. The molecule has 5 rings (SSSR count). The Labute approximate surface area is 199 Å². The van der Waals surface area contributed by atoms with Gasteiger partial charge in [0.15, 0.2) is 11.5 Å². The van der Waals surface area contributed by atoms with Crippen molar-refractivity contribution in [1.29, 1.82) is 0 Å². The maximum Gasteiger partial charge on any atom is 0.255 e. The molecule has 1 fully saturated rings. The highest BCUT2D eigenvalue weighted by molar-refractivity contribution is 5.96. The molecule has 0 spiro atoms. The summed E-state index contributed by atoms with van der Waals surface area (Å²) in [7, 11) is 0. The molecule has 0 atom stereocenters. The SMILES string of the molecule is Cc1cc(C(=O)N2CCC(C(=O)Nc3ccc4c(c3)OCO4)CC2)c(C)n1Cc1ccccc1. The van der Waals surface area contributed by atoms with E-state index in [2.05, 4.69) is 22.0 Å². The van der Waals surface area contributed by atoms with Crippen molar-refractivity contribution in [1.82, 2.24) is 9.47 Å². The molecule has 0 unspecified atom stereocenters. The Hall–Kier alpha value is -3.74. The van der Waals surface area contributed by atoms with E-state index in [4.69, 9.17) is 9.47 Å². The summed E-state index contributed by atoms with van der Waals surface area (Å²) in [6.45, 7) is 6.14. The number of ether oxygens (including phenoxy) is 2. The standard InChI is InChI=1S/C27H29N3O4/c1-18-14-23(19(2)30(18)16-20-6-4-3-5-7-20)27(32)29-12-10-21(11-13-29)26(31)28-22-8-9-24-25(15-22)34-17-33-24/h3-9,14-15,21H,10-13,16-17H2,1-2H3,(H,28,31). The summed E-state index contributed by atoms with van der Waals surface area (Å²) in [6.07, 6.45) is 1.29. The second-order valence-corrected chi connectivity index (χ2v) is 8.98. The fraction of sp³-hybridized carbons (Fsp3) is 0.333. The van der Waals surface area contributed by atoms with Crippen molar-refractivity contribution in [3.8, 4) is 11.5 Å². The number of piperidine rings is 1. The van der Waals surface area contributed by atoms with Gasteiger partial charge < -0.3 is 24.3 Å². The first-order chi connectivity index (χ1) is 16.5. The number of rotatable bonds is 5. The molecule has 1 N–H and O–H groups in total. The van der Waals surface area contributed by atoms with Gasteiger partial charge in [-0.1, -0.05) is 30.3 Å². The van der Waals surface area contributed by atoms with Gasteiger partial charge in [-0.25, -0.2) is 0 Å². The number of nitrogens with zero attached hydrogens (tertiary/aromatic N) is 2. The summed E-state index contributed by atoms with van der Waals surface area (Å²) in [5.41, 5.74) is 4.70. The summed E-state index contributed by atoms with van der Waals surface area (Å²) in [4.78, 5) is 28.0. The maximum absolute atomic E-state index is 13.3. The molecular weight excluding hydrogens is 430 g/mol. The van der Waals surface area contributed by atoms with Gasteiger partial charge in [-0.15, -0.1) is 0 Å². The van der Waals surface area contributed by atoms with E-state index in [1.165, 1.54) is 5.56 Å². The maximum atomic E-state index is 13.3. The second kappa shape index (κ2) is 9.25. The largest absolute Gasteiger partial charge is 0.454 e. The molecule has 0 bridgehead atoms. The van der Waals surface area contributed by atoms with Crippen LogP contribution >= 0.6 is 0 Å². The summed E-state index contributed by atoms with van der Waals surface area (Å²) in [5, 5.41) is 2.98. The van der Waals surface area contributed by atoms with E-state index in [-0.39, 0.29) is 24.5 Å². The molecule has 0 saturated carbocycles. The number of likely N-dealkylation sites (tertiary alicyclic amines) is 1. The number of aromatic nitrogens is 1. The lowest BCUT2D eigenvalue weighted by molar-refractivity contribution is -0.121. The van der Waals surface area contributed by atoms with Crippen molar-refractivity contribution < 1.29 is 19.1 Å². The van der Waals surface area contributed by atoms with E-state index in [9.17, 15) is 9.59 Å². The lowest BCUT2D eigenvalue weighted by Crippen LogP contribution is -2.41. The first-order valence-electron chi connectivity index (χ1n) is 11.7. The lowest BCUT2D eigenvalue weighted by Gasteiger charge is -2.31. The summed E-state index contributed by atoms with van der Waals surface area (Å²) in [5.74, 6) is 1.23. The Morgan fingerprint density at radius 2 is 1.71 bits per heavy atom. The van der Waals surface area contributed by atoms with Crippen LogP contribution in [0.15, 0.2) is 54.6 Å². The molecular formula is C27H29N3O4. The monoisotopic (exact) mass is 459 g/mol. The van der Waals surface area contributed by atoms with Gasteiger partial charge in [-0.05, 0) is 50.5 Å². The topological polar surface area (TPSA) is 72.8 Å².